The highest BCUT2D eigenvalue weighted by molar-refractivity contribution is 5.83. The molecule has 0 aromatic heterocycles. The van der Waals surface area contributed by atoms with Crippen LogP contribution in [0.1, 0.15) is 36.8 Å². The lowest BCUT2D eigenvalue weighted by Gasteiger charge is -2.17. The minimum Gasteiger partial charge on any atom is -0.359 e. The molecule has 0 aliphatic heterocycles. The Bertz CT molecular complexity index is 452. The zero-order chi connectivity index (χ0) is 14.4. The molecule has 104 valence electrons. The van der Waals surface area contributed by atoms with Crippen LogP contribution in [0.15, 0.2) is 12.1 Å². The summed E-state index contributed by atoms with van der Waals surface area (Å²) in [6.07, 6.45) is 1.30. The molecule has 0 saturated heterocycles. The molecule has 3 nitrogen and oxygen atoms in total. The van der Waals surface area contributed by atoms with Gasteiger partial charge in [0.15, 0.2) is 0 Å². The molecule has 1 aromatic carbocycles. The summed E-state index contributed by atoms with van der Waals surface area (Å²) in [5, 5.41) is 2.37. The summed E-state index contributed by atoms with van der Waals surface area (Å²) >= 11 is 0. The Morgan fingerprint density at radius 2 is 1.95 bits per heavy atom. The summed E-state index contributed by atoms with van der Waals surface area (Å²) in [5.74, 6) is -2.96. The Morgan fingerprint density at radius 1 is 1.37 bits per heavy atom. The molecule has 0 bridgehead atoms. The summed E-state index contributed by atoms with van der Waals surface area (Å²) in [6, 6.07) is 2.46. The van der Waals surface area contributed by atoms with Crippen LogP contribution in [0, 0.1) is 11.6 Å². The molecule has 1 atom stereocenters. The Labute approximate surface area is 111 Å². The average Bonchev–Trinajstić information content (AvgIpc) is 2.40. The van der Waals surface area contributed by atoms with E-state index in [0.717, 1.165) is 0 Å². The van der Waals surface area contributed by atoms with E-state index in [-0.39, 0.29) is 18.4 Å². The summed E-state index contributed by atoms with van der Waals surface area (Å²) < 4.78 is 27.9. The number of hydrogen-bond acceptors (Lipinski definition) is 2. The van der Waals surface area contributed by atoms with Gasteiger partial charge in [-0.2, -0.15) is 0 Å². The minimum atomic E-state index is -0.985. The number of carbonyl (C=O) groups is 2. The fourth-order valence-corrected chi connectivity index (χ4v) is 1.99. The lowest BCUT2D eigenvalue weighted by molar-refractivity contribution is -0.122. The van der Waals surface area contributed by atoms with E-state index in [4.69, 9.17) is 0 Å². The number of carbonyl (C=O) groups excluding carboxylic acids is 2. The fourth-order valence-electron chi connectivity index (χ4n) is 1.99. The molecule has 1 unspecified atom stereocenters. The van der Waals surface area contributed by atoms with Gasteiger partial charge in [-0.25, -0.2) is 8.78 Å². The van der Waals surface area contributed by atoms with Crippen molar-refractivity contribution in [2.75, 3.05) is 7.05 Å². The Kier molecular flexibility index (Phi) is 5.60. The van der Waals surface area contributed by atoms with Crippen LogP contribution >= 0.6 is 0 Å². The van der Waals surface area contributed by atoms with Gasteiger partial charge in [-0.15, -0.1) is 0 Å². The molecule has 0 spiro atoms. The average molecular weight is 269 g/mol. The molecule has 1 rings (SSSR count). The van der Waals surface area contributed by atoms with Gasteiger partial charge in [0.1, 0.15) is 17.9 Å². The van der Waals surface area contributed by atoms with E-state index in [1.807, 2.05) is 0 Å². The quantitative estimate of drug-likeness (QED) is 0.806. The van der Waals surface area contributed by atoms with Gasteiger partial charge in [-0.1, -0.05) is 6.92 Å². The molecular weight excluding hydrogens is 252 g/mol. The molecule has 19 heavy (non-hydrogen) atoms. The standard InChI is InChI=1S/C14H17F2NO2/c1-3-9-7-11(15)13(12(16)8-9)10(5-4-6-18)14(19)17-2/h6-8,10H,3-5H2,1-2H3,(H,17,19). The van der Waals surface area contributed by atoms with Crippen LogP contribution in [-0.2, 0) is 16.0 Å². The number of halogens is 2. The molecule has 0 saturated carbocycles. The predicted molar refractivity (Wildman–Crippen MR) is 67.8 cm³/mol. The van der Waals surface area contributed by atoms with Crippen LogP contribution in [0.4, 0.5) is 8.78 Å². The normalized spacial score (nSPS) is 12.0. The van der Waals surface area contributed by atoms with E-state index >= 15 is 0 Å². The lowest BCUT2D eigenvalue weighted by atomic mass is 9.91. The smallest absolute Gasteiger partial charge is 0.227 e. The summed E-state index contributed by atoms with van der Waals surface area (Å²) in [5.41, 5.74) is 0.267. The Balaban J connectivity index is 3.21. The molecule has 0 radical (unpaired) electrons. The third-order valence-corrected chi connectivity index (χ3v) is 3.03. The van der Waals surface area contributed by atoms with E-state index in [1.165, 1.54) is 19.2 Å². The minimum absolute atomic E-state index is 0.0759. The van der Waals surface area contributed by atoms with Gasteiger partial charge >= 0.3 is 0 Å². The molecule has 1 amide bonds. The number of rotatable bonds is 6. The lowest BCUT2D eigenvalue weighted by Crippen LogP contribution is -2.27. The van der Waals surface area contributed by atoms with E-state index in [2.05, 4.69) is 5.32 Å². The number of likely N-dealkylation sites (N-methyl/N-ethyl adjacent to an activating group) is 1. The third-order valence-electron chi connectivity index (χ3n) is 3.03. The highest BCUT2D eigenvalue weighted by Gasteiger charge is 2.26. The molecule has 0 aliphatic rings. The van der Waals surface area contributed by atoms with Gasteiger partial charge in [0.2, 0.25) is 5.91 Å². The van der Waals surface area contributed by atoms with Crippen molar-refractivity contribution in [3.63, 3.8) is 0 Å². The number of benzene rings is 1. The van der Waals surface area contributed by atoms with Crippen molar-refractivity contribution in [3.8, 4) is 0 Å². The molecule has 0 heterocycles. The van der Waals surface area contributed by atoms with E-state index < -0.39 is 23.5 Å². The second-order valence-corrected chi connectivity index (χ2v) is 4.24. The molecule has 0 fully saturated rings. The number of nitrogens with one attached hydrogen (secondary N) is 1. The van der Waals surface area contributed by atoms with Crippen molar-refractivity contribution in [2.45, 2.75) is 32.1 Å². The van der Waals surface area contributed by atoms with Gasteiger partial charge in [0, 0.05) is 19.0 Å². The molecule has 5 heteroatoms. The van der Waals surface area contributed by atoms with Crippen molar-refractivity contribution >= 4 is 12.2 Å². The van der Waals surface area contributed by atoms with Crippen molar-refractivity contribution in [2.24, 2.45) is 0 Å². The van der Waals surface area contributed by atoms with Crippen LogP contribution in [0.5, 0.6) is 0 Å². The highest BCUT2D eigenvalue weighted by Crippen LogP contribution is 2.28. The number of aryl methyl sites for hydroxylation is 1. The van der Waals surface area contributed by atoms with Gasteiger partial charge in [-0.3, -0.25) is 4.79 Å². The van der Waals surface area contributed by atoms with Crippen molar-refractivity contribution in [1.82, 2.24) is 5.32 Å². The first-order valence-electron chi connectivity index (χ1n) is 6.18. The number of amides is 1. The van der Waals surface area contributed by atoms with Crippen LogP contribution in [0.3, 0.4) is 0 Å². The summed E-state index contributed by atoms with van der Waals surface area (Å²) in [7, 11) is 1.40. The maximum absolute atomic E-state index is 14.0. The van der Waals surface area contributed by atoms with E-state index in [1.54, 1.807) is 6.92 Å². The van der Waals surface area contributed by atoms with E-state index in [9.17, 15) is 18.4 Å². The largest absolute Gasteiger partial charge is 0.359 e. The molecule has 1 aromatic rings. The third kappa shape index (κ3) is 3.59. The van der Waals surface area contributed by atoms with Crippen LogP contribution in [0.2, 0.25) is 0 Å². The first-order chi connectivity index (χ1) is 9.04. The molecule has 0 aliphatic carbocycles. The number of aldehydes is 1. The Hall–Kier alpha value is -1.78. The highest BCUT2D eigenvalue weighted by atomic mass is 19.1. The van der Waals surface area contributed by atoms with E-state index in [0.29, 0.717) is 18.3 Å². The van der Waals surface area contributed by atoms with Crippen molar-refractivity contribution < 1.29 is 18.4 Å². The predicted octanol–water partition coefficient (Wildman–Crippen LogP) is 2.34. The summed E-state index contributed by atoms with van der Waals surface area (Å²) in [6.45, 7) is 1.79. The van der Waals surface area contributed by atoms with Gasteiger partial charge in [0.05, 0.1) is 5.92 Å². The first-order valence-corrected chi connectivity index (χ1v) is 6.18. The van der Waals surface area contributed by atoms with Gasteiger partial charge < -0.3 is 10.1 Å². The van der Waals surface area contributed by atoms with Crippen LogP contribution < -0.4 is 5.32 Å². The second kappa shape index (κ2) is 6.97. The maximum atomic E-state index is 14.0. The monoisotopic (exact) mass is 269 g/mol. The van der Waals surface area contributed by atoms with Crippen LogP contribution in [-0.4, -0.2) is 19.2 Å². The zero-order valence-corrected chi connectivity index (χ0v) is 11.0. The van der Waals surface area contributed by atoms with Crippen LogP contribution in [0.25, 0.3) is 0 Å². The SMILES string of the molecule is CCc1cc(F)c(C(CCC=O)C(=O)NC)c(F)c1. The van der Waals surface area contributed by atoms with Crippen molar-refractivity contribution in [1.29, 1.82) is 0 Å². The maximum Gasteiger partial charge on any atom is 0.227 e. The fraction of sp³-hybridized carbons (Fsp3) is 0.429. The Morgan fingerprint density at radius 3 is 2.37 bits per heavy atom. The summed E-state index contributed by atoms with van der Waals surface area (Å²) in [4.78, 5) is 22.1. The topological polar surface area (TPSA) is 46.2 Å². The number of hydrogen-bond donors (Lipinski definition) is 1. The molecular formula is C14H17F2NO2. The second-order valence-electron chi connectivity index (χ2n) is 4.24. The van der Waals surface area contributed by atoms with Crippen molar-refractivity contribution in [3.05, 3.63) is 34.9 Å². The first kappa shape index (κ1) is 15.3. The zero-order valence-electron chi connectivity index (χ0n) is 11.0. The van der Waals surface area contributed by atoms with Gasteiger partial charge in [0.25, 0.3) is 0 Å². The van der Waals surface area contributed by atoms with Gasteiger partial charge in [-0.05, 0) is 30.5 Å². The molecule has 1 N–H and O–H groups in total.